The van der Waals surface area contributed by atoms with Gasteiger partial charge in [-0.1, -0.05) is 70.2 Å². The minimum absolute atomic E-state index is 0.0597. The Balaban J connectivity index is 1.28. The average molecular weight is 501 g/mol. The van der Waals surface area contributed by atoms with Crippen molar-refractivity contribution in [1.29, 1.82) is 0 Å². The molecule has 0 atom stereocenters. The molecule has 1 heterocycles. The number of benzene rings is 2. The van der Waals surface area contributed by atoms with Crippen LogP contribution in [0.2, 0.25) is 0 Å². The summed E-state index contributed by atoms with van der Waals surface area (Å²) in [7, 11) is 0. The SMILES string of the molecule is CCCCCOc1ccc(C2OCC(c3ccc(C4CCC(CCCC)CC4)cc3)CO2)c(F)c1F. The highest BCUT2D eigenvalue weighted by molar-refractivity contribution is 5.32. The maximum atomic E-state index is 14.7. The topological polar surface area (TPSA) is 27.7 Å². The first kappa shape index (κ1) is 27.1. The molecule has 4 rings (SSSR count). The van der Waals surface area contributed by atoms with Gasteiger partial charge in [0.15, 0.2) is 17.9 Å². The highest BCUT2D eigenvalue weighted by Crippen LogP contribution is 2.39. The van der Waals surface area contributed by atoms with Gasteiger partial charge in [0.1, 0.15) is 0 Å². The standard InChI is InChI=1S/C31H42F2O3/c1-3-5-7-19-34-28-18-17-27(29(32)30(28)33)31-35-20-26(21-36-31)25-15-13-24(14-16-25)23-11-9-22(10-12-23)8-6-4-2/h13-18,22-23,26,31H,3-12,19-21H2,1-2H3. The molecule has 2 aromatic carbocycles. The fourth-order valence-corrected chi connectivity index (χ4v) is 5.57. The van der Waals surface area contributed by atoms with Crippen molar-refractivity contribution in [1.82, 2.24) is 0 Å². The van der Waals surface area contributed by atoms with Gasteiger partial charge in [0.05, 0.1) is 19.8 Å². The lowest BCUT2D eigenvalue weighted by molar-refractivity contribution is -0.193. The van der Waals surface area contributed by atoms with E-state index in [1.807, 2.05) is 0 Å². The highest BCUT2D eigenvalue weighted by atomic mass is 19.2. The molecule has 5 heteroatoms. The lowest BCUT2D eigenvalue weighted by Gasteiger charge is -2.31. The van der Waals surface area contributed by atoms with Gasteiger partial charge in [0.2, 0.25) is 5.82 Å². The van der Waals surface area contributed by atoms with E-state index in [1.165, 1.54) is 62.6 Å². The van der Waals surface area contributed by atoms with Crippen LogP contribution in [0.3, 0.4) is 0 Å². The molecule has 0 radical (unpaired) electrons. The summed E-state index contributed by atoms with van der Waals surface area (Å²) in [6.07, 6.45) is 11.3. The van der Waals surface area contributed by atoms with Crippen LogP contribution in [0, 0.1) is 17.6 Å². The summed E-state index contributed by atoms with van der Waals surface area (Å²) in [6, 6.07) is 11.8. The van der Waals surface area contributed by atoms with Crippen LogP contribution in [0.25, 0.3) is 0 Å². The molecule has 36 heavy (non-hydrogen) atoms. The lowest BCUT2D eigenvalue weighted by Crippen LogP contribution is -2.26. The van der Waals surface area contributed by atoms with Crippen LogP contribution in [0.5, 0.6) is 5.75 Å². The third-order valence-electron chi connectivity index (χ3n) is 7.93. The number of hydrogen-bond acceptors (Lipinski definition) is 3. The van der Waals surface area contributed by atoms with Gasteiger partial charge in [-0.2, -0.15) is 4.39 Å². The molecule has 198 valence electrons. The zero-order chi connectivity index (χ0) is 25.3. The molecule has 0 unspecified atom stereocenters. The molecule has 2 aliphatic rings. The van der Waals surface area contributed by atoms with Gasteiger partial charge in [0, 0.05) is 11.5 Å². The van der Waals surface area contributed by atoms with Gasteiger partial charge >= 0.3 is 0 Å². The molecule has 0 aromatic heterocycles. The molecule has 1 aliphatic heterocycles. The summed E-state index contributed by atoms with van der Waals surface area (Å²) >= 11 is 0. The number of unbranched alkanes of at least 4 members (excludes halogenated alkanes) is 3. The van der Waals surface area contributed by atoms with Crippen LogP contribution in [-0.4, -0.2) is 19.8 Å². The monoisotopic (exact) mass is 500 g/mol. The minimum atomic E-state index is -0.978. The minimum Gasteiger partial charge on any atom is -0.490 e. The molecule has 3 nitrogen and oxygen atoms in total. The van der Waals surface area contributed by atoms with Gasteiger partial charge in [-0.25, -0.2) is 4.39 Å². The Morgan fingerprint density at radius 3 is 2.03 bits per heavy atom. The largest absolute Gasteiger partial charge is 0.490 e. The third-order valence-corrected chi connectivity index (χ3v) is 7.93. The fraction of sp³-hybridized carbons (Fsp3) is 0.613. The Labute approximate surface area is 215 Å². The summed E-state index contributed by atoms with van der Waals surface area (Å²) in [6.45, 7) is 5.54. The molecule has 1 saturated heterocycles. The van der Waals surface area contributed by atoms with E-state index in [4.69, 9.17) is 14.2 Å². The zero-order valence-corrected chi connectivity index (χ0v) is 21.9. The van der Waals surface area contributed by atoms with Gasteiger partial charge < -0.3 is 14.2 Å². The average Bonchev–Trinajstić information content (AvgIpc) is 2.93. The van der Waals surface area contributed by atoms with Gasteiger partial charge in [-0.15, -0.1) is 0 Å². The Bertz CT molecular complexity index is 930. The second kappa shape index (κ2) is 13.5. The van der Waals surface area contributed by atoms with Gasteiger partial charge in [-0.3, -0.25) is 0 Å². The van der Waals surface area contributed by atoms with Crippen molar-refractivity contribution in [3.63, 3.8) is 0 Å². The quantitative estimate of drug-likeness (QED) is 0.289. The van der Waals surface area contributed by atoms with E-state index in [1.54, 1.807) is 0 Å². The van der Waals surface area contributed by atoms with E-state index < -0.39 is 17.9 Å². The van der Waals surface area contributed by atoms with Crippen LogP contribution in [-0.2, 0) is 9.47 Å². The van der Waals surface area contributed by atoms with Crippen molar-refractivity contribution in [2.75, 3.05) is 19.8 Å². The van der Waals surface area contributed by atoms with Crippen LogP contribution < -0.4 is 4.74 Å². The second-order valence-electron chi connectivity index (χ2n) is 10.6. The smallest absolute Gasteiger partial charge is 0.201 e. The number of rotatable bonds is 11. The van der Waals surface area contributed by atoms with Crippen molar-refractivity contribution < 1.29 is 23.0 Å². The van der Waals surface area contributed by atoms with Gasteiger partial charge in [-0.05, 0) is 67.2 Å². The van der Waals surface area contributed by atoms with Crippen molar-refractivity contribution >= 4 is 0 Å². The molecule has 0 amide bonds. The Kier molecular flexibility index (Phi) is 10.2. The normalized spacial score (nSPS) is 24.6. The van der Waals surface area contributed by atoms with Crippen molar-refractivity contribution in [2.45, 2.75) is 96.2 Å². The summed E-state index contributed by atoms with van der Waals surface area (Å²) in [5.41, 5.74) is 2.67. The molecule has 0 spiro atoms. The molecule has 1 aliphatic carbocycles. The van der Waals surface area contributed by atoms with Crippen molar-refractivity contribution in [2.24, 2.45) is 5.92 Å². The van der Waals surface area contributed by atoms with E-state index >= 15 is 0 Å². The molecular weight excluding hydrogens is 458 g/mol. The predicted octanol–water partition coefficient (Wildman–Crippen LogP) is 8.83. The molecule has 2 fully saturated rings. The number of halogens is 2. The molecule has 1 saturated carbocycles. The van der Waals surface area contributed by atoms with Gasteiger partial charge in [0.25, 0.3) is 0 Å². The van der Waals surface area contributed by atoms with Crippen molar-refractivity contribution in [3.05, 3.63) is 64.7 Å². The molecule has 0 N–H and O–H groups in total. The Hall–Kier alpha value is -1.98. The summed E-state index contributed by atoms with van der Waals surface area (Å²) in [5.74, 6) is -0.340. The maximum absolute atomic E-state index is 14.7. The van der Waals surface area contributed by atoms with E-state index in [0.29, 0.717) is 25.7 Å². The van der Waals surface area contributed by atoms with Crippen LogP contribution >= 0.6 is 0 Å². The van der Waals surface area contributed by atoms with E-state index in [2.05, 4.69) is 38.1 Å². The van der Waals surface area contributed by atoms with Crippen LogP contribution in [0.1, 0.15) is 113 Å². The van der Waals surface area contributed by atoms with Crippen LogP contribution in [0.15, 0.2) is 36.4 Å². The first-order valence-electron chi connectivity index (χ1n) is 14.0. The summed E-state index contributed by atoms with van der Waals surface area (Å²) < 4.78 is 46.4. The molecule has 2 aromatic rings. The molecular formula is C31H42F2O3. The first-order valence-corrected chi connectivity index (χ1v) is 14.0. The van der Waals surface area contributed by atoms with E-state index in [9.17, 15) is 8.78 Å². The zero-order valence-electron chi connectivity index (χ0n) is 21.9. The Morgan fingerprint density at radius 1 is 0.750 bits per heavy atom. The predicted molar refractivity (Wildman–Crippen MR) is 139 cm³/mol. The van der Waals surface area contributed by atoms with E-state index in [-0.39, 0.29) is 17.2 Å². The highest BCUT2D eigenvalue weighted by Gasteiger charge is 2.29. The number of ether oxygens (including phenoxy) is 3. The lowest BCUT2D eigenvalue weighted by atomic mass is 9.77. The van der Waals surface area contributed by atoms with E-state index in [0.717, 1.165) is 30.7 Å². The first-order chi connectivity index (χ1) is 17.6. The van der Waals surface area contributed by atoms with Crippen molar-refractivity contribution in [3.8, 4) is 5.75 Å². The molecule has 0 bridgehead atoms. The fourth-order valence-electron chi connectivity index (χ4n) is 5.57. The number of hydrogen-bond donors (Lipinski definition) is 0. The maximum Gasteiger partial charge on any atom is 0.201 e. The Morgan fingerprint density at radius 2 is 1.39 bits per heavy atom. The third kappa shape index (κ3) is 6.86. The summed E-state index contributed by atoms with van der Waals surface area (Å²) in [5, 5.41) is 0. The van der Waals surface area contributed by atoms with Crippen LogP contribution in [0.4, 0.5) is 8.78 Å². The summed E-state index contributed by atoms with van der Waals surface area (Å²) in [4.78, 5) is 0. The second-order valence-corrected chi connectivity index (χ2v) is 10.6.